The number of nitrogens with zero attached hydrogens (tertiary/aromatic N) is 1. The van der Waals surface area contributed by atoms with E-state index in [1.807, 2.05) is 48.5 Å². The first-order valence-corrected chi connectivity index (χ1v) is 10.9. The van der Waals surface area contributed by atoms with Crippen molar-refractivity contribution in [3.8, 4) is 11.1 Å². The largest absolute Gasteiger partial charge is 0.436 e. The minimum atomic E-state index is -1.01. The number of carbonyl (C=O) groups excluding carboxylic acids is 2. The van der Waals surface area contributed by atoms with Gasteiger partial charge in [0.05, 0.1) is 5.02 Å². The second-order valence-corrected chi connectivity index (χ2v) is 8.28. The summed E-state index contributed by atoms with van der Waals surface area (Å²) in [5.41, 5.74) is 4.27. The number of rotatable bonds is 6. The molecule has 7 heteroatoms. The van der Waals surface area contributed by atoms with Crippen LogP contribution in [0.2, 0.25) is 5.02 Å². The zero-order valence-electron chi connectivity index (χ0n) is 17.2. The number of fused-ring (bicyclic) bond motifs is 3. The first-order valence-electron chi connectivity index (χ1n) is 10.2. The van der Waals surface area contributed by atoms with E-state index >= 15 is 0 Å². The molecule has 0 unspecified atom stereocenters. The Morgan fingerprint density at radius 2 is 1.62 bits per heavy atom. The van der Waals surface area contributed by atoms with Gasteiger partial charge in [0.2, 0.25) is 5.24 Å². The van der Waals surface area contributed by atoms with E-state index in [0.29, 0.717) is 5.56 Å². The monoisotopic (exact) mass is 471 g/mol. The molecule has 4 nitrogen and oxygen atoms in total. The summed E-state index contributed by atoms with van der Waals surface area (Å²) in [4.78, 5) is 26.7. The van der Waals surface area contributed by atoms with Gasteiger partial charge in [0.25, 0.3) is 0 Å². The molecule has 0 aliphatic heterocycles. The van der Waals surface area contributed by atoms with E-state index in [0.717, 1.165) is 22.3 Å². The topological polar surface area (TPSA) is 46.6 Å². The van der Waals surface area contributed by atoms with Gasteiger partial charge in [-0.05, 0) is 47.3 Å². The summed E-state index contributed by atoms with van der Waals surface area (Å²) < 4.78 is 19.8. The predicted octanol–water partition coefficient (Wildman–Crippen LogP) is 6.38. The zero-order chi connectivity index (χ0) is 22.8. The molecule has 4 rings (SSSR count). The van der Waals surface area contributed by atoms with Gasteiger partial charge >= 0.3 is 6.09 Å². The molecule has 1 aliphatic rings. The molecular formula is C25H20Cl2FNO3. The van der Waals surface area contributed by atoms with Crippen LogP contribution in [0, 0.1) is 5.82 Å². The molecule has 1 atom stereocenters. The van der Waals surface area contributed by atoms with Crippen molar-refractivity contribution < 1.29 is 18.7 Å². The minimum absolute atomic E-state index is 0.0205. The molecule has 0 aromatic heterocycles. The summed E-state index contributed by atoms with van der Waals surface area (Å²) in [5, 5.41) is -0.751. The summed E-state index contributed by atoms with van der Waals surface area (Å²) in [6, 6.07) is 18.7. The maximum Gasteiger partial charge on any atom is 0.411 e. The highest BCUT2D eigenvalue weighted by molar-refractivity contribution is 6.64. The number of benzene rings is 3. The Balaban J connectivity index is 1.60. The fourth-order valence-corrected chi connectivity index (χ4v) is 4.40. The molecule has 3 aromatic rings. The van der Waals surface area contributed by atoms with Gasteiger partial charge in [0.15, 0.2) is 6.10 Å². The molecule has 0 saturated heterocycles. The average molecular weight is 472 g/mol. The summed E-state index contributed by atoms with van der Waals surface area (Å²) in [6.45, 7) is 1.92. The van der Waals surface area contributed by atoms with Crippen molar-refractivity contribution in [3.63, 3.8) is 0 Å². The van der Waals surface area contributed by atoms with Crippen molar-refractivity contribution in [2.24, 2.45) is 0 Å². The van der Waals surface area contributed by atoms with Crippen LogP contribution in [0.4, 0.5) is 9.18 Å². The quantitative estimate of drug-likeness (QED) is 0.391. The number of likely N-dealkylation sites (N-methyl/N-ethyl adjacent to an activating group) is 1. The molecule has 0 radical (unpaired) electrons. The van der Waals surface area contributed by atoms with Crippen LogP contribution in [-0.4, -0.2) is 28.8 Å². The second kappa shape index (κ2) is 9.31. The van der Waals surface area contributed by atoms with Crippen molar-refractivity contribution in [2.75, 3.05) is 6.54 Å². The Bertz CT molecular complexity index is 1140. The molecule has 1 aliphatic carbocycles. The number of ether oxygens (including phenoxy) is 1. The lowest BCUT2D eigenvalue weighted by molar-refractivity contribution is -0.116. The van der Waals surface area contributed by atoms with Crippen LogP contribution >= 0.6 is 23.2 Å². The fraction of sp³-hybridized carbons (Fsp3) is 0.200. The molecule has 0 saturated carbocycles. The van der Waals surface area contributed by atoms with Crippen LogP contribution in [0.15, 0.2) is 66.7 Å². The molecule has 1 amide bonds. The smallest absolute Gasteiger partial charge is 0.411 e. The van der Waals surface area contributed by atoms with E-state index in [-0.39, 0.29) is 18.0 Å². The predicted molar refractivity (Wildman–Crippen MR) is 122 cm³/mol. The third-order valence-corrected chi connectivity index (χ3v) is 6.18. The molecule has 3 aromatic carbocycles. The third kappa shape index (κ3) is 4.23. The van der Waals surface area contributed by atoms with E-state index in [2.05, 4.69) is 0 Å². The van der Waals surface area contributed by atoms with Crippen molar-refractivity contribution >= 4 is 34.5 Å². The van der Waals surface area contributed by atoms with Gasteiger partial charge in [-0.25, -0.2) is 9.18 Å². The minimum Gasteiger partial charge on any atom is -0.436 e. The van der Waals surface area contributed by atoms with Crippen LogP contribution in [0.25, 0.3) is 11.1 Å². The summed E-state index contributed by atoms with van der Waals surface area (Å²) in [5.74, 6) is -0.602. The lowest BCUT2D eigenvalue weighted by Gasteiger charge is -2.29. The molecular weight excluding hydrogens is 452 g/mol. The van der Waals surface area contributed by atoms with Crippen molar-refractivity contribution in [2.45, 2.75) is 25.5 Å². The number of hydrogen-bond acceptors (Lipinski definition) is 3. The molecule has 0 bridgehead atoms. The van der Waals surface area contributed by atoms with Gasteiger partial charge in [-0.3, -0.25) is 9.69 Å². The third-order valence-electron chi connectivity index (χ3n) is 5.62. The van der Waals surface area contributed by atoms with Gasteiger partial charge in [-0.15, -0.1) is 0 Å². The second-order valence-electron chi connectivity index (χ2n) is 7.50. The van der Waals surface area contributed by atoms with Crippen molar-refractivity contribution in [3.05, 3.63) is 94.3 Å². The van der Waals surface area contributed by atoms with Gasteiger partial charge in [0.1, 0.15) is 11.9 Å². The standard InChI is InChI=1S/C25H20Cl2FNO3/c1-2-29(22(24(27)30)14-15-11-12-20(26)21(28)13-15)25(31)32-23-18-9-5-3-7-16(18)17-8-4-6-10-19(17)23/h3-13,22-23H,2,14H2,1H3/t22-/m0/s1. The van der Waals surface area contributed by atoms with Gasteiger partial charge in [-0.2, -0.15) is 0 Å². The van der Waals surface area contributed by atoms with Crippen LogP contribution in [0.5, 0.6) is 0 Å². The SMILES string of the molecule is CCN(C(=O)OC1c2ccccc2-c2ccccc21)[C@@H](Cc1ccc(Cl)c(F)c1)C(=O)Cl. The van der Waals surface area contributed by atoms with Crippen LogP contribution in [0.1, 0.15) is 29.7 Å². The Morgan fingerprint density at radius 1 is 1.03 bits per heavy atom. The first kappa shape index (κ1) is 22.3. The van der Waals surface area contributed by atoms with Gasteiger partial charge < -0.3 is 4.74 Å². The number of halogens is 3. The van der Waals surface area contributed by atoms with E-state index < -0.39 is 29.3 Å². The summed E-state index contributed by atoms with van der Waals surface area (Å²) >= 11 is 11.6. The molecule has 0 fully saturated rings. The number of amides is 1. The maximum atomic E-state index is 13.9. The highest BCUT2D eigenvalue weighted by atomic mass is 35.5. The van der Waals surface area contributed by atoms with Gasteiger partial charge in [-0.1, -0.05) is 66.2 Å². The Kier molecular flexibility index (Phi) is 6.49. The van der Waals surface area contributed by atoms with Crippen LogP contribution in [0.3, 0.4) is 0 Å². The molecule has 0 spiro atoms. The van der Waals surface area contributed by atoms with Gasteiger partial charge in [0, 0.05) is 24.1 Å². The van der Waals surface area contributed by atoms with Crippen molar-refractivity contribution in [1.82, 2.24) is 4.90 Å². The van der Waals surface area contributed by atoms with E-state index in [1.54, 1.807) is 13.0 Å². The summed E-state index contributed by atoms with van der Waals surface area (Å²) in [6.07, 6.45) is -1.22. The zero-order valence-corrected chi connectivity index (χ0v) is 18.7. The molecule has 164 valence electrons. The highest BCUT2D eigenvalue weighted by Gasteiger charge is 2.35. The fourth-order valence-electron chi connectivity index (χ4n) is 4.08. The molecule has 0 heterocycles. The highest BCUT2D eigenvalue weighted by Crippen LogP contribution is 2.45. The lowest BCUT2D eigenvalue weighted by Crippen LogP contribution is -2.45. The Hall–Kier alpha value is -2.89. The number of hydrogen-bond donors (Lipinski definition) is 0. The average Bonchev–Trinajstić information content (AvgIpc) is 3.10. The lowest BCUT2D eigenvalue weighted by atomic mass is 10.1. The number of carbonyl (C=O) groups is 2. The van der Waals surface area contributed by atoms with Crippen molar-refractivity contribution in [1.29, 1.82) is 0 Å². The maximum absolute atomic E-state index is 13.9. The van der Waals surface area contributed by atoms with E-state index in [1.165, 1.54) is 17.0 Å². The van der Waals surface area contributed by atoms with Crippen LogP contribution in [-0.2, 0) is 16.0 Å². The Morgan fingerprint density at radius 3 is 2.16 bits per heavy atom. The van der Waals surface area contributed by atoms with E-state index in [9.17, 15) is 14.0 Å². The van der Waals surface area contributed by atoms with E-state index in [4.69, 9.17) is 27.9 Å². The molecule has 0 N–H and O–H groups in total. The first-order chi connectivity index (χ1) is 15.4. The summed E-state index contributed by atoms with van der Waals surface area (Å²) in [7, 11) is 0. The normalized spacial score (nSPS) is 13.2. The molecule has 32 heavy (non-hydrogen) atoms. The Labute approximate surface area is 195 Å². The van der Waals surface area contributed by atoms with Crippen LogP contribution < -0.4 is 0 Å².